The molecule has 1 aliphatic carbocycles. The van der Waals surface area contributed by atoms with E-state index in [4.69, 9.17) is 11.5 Å². The molecule has 2 aromatic heterocycles. The Labute approximate surface area is 179 Å². The maximum atomic E-state index is 15.1. The fraction of sp³-hybridized carbons (Fsp3) is 0.318. The summed E-state index contributed by atoms with van der Waals surface area (Å²) in [7, 11) is 1.74. The molecule has 1 fully saturated rings. The van der Waals surface area contributed by atoms with E-state index in [0.29, 0.717) is 28.0 Å². The van der Waals surface area contributed by atoms with Crippen molar-refractivity contribution in [2.24, 2.45) is 11.5 Å². The zero-order valence-corrected chi connectivity index (χ0v) is 17.3. The van der Waals surface area contributed by atoms with Crippen LogP contribution in [0.2, 0.25) is 0 Å². The molecule has 0 radical (unpaired) electrons. The first-order valence-electron chi connectivity index (χ1n) is 10.3. The average Bonchev–Trinajstić information content (AvgIpc) is 2.76. The average molecular weight is 423 g/mol. The summed E-state index contributed by atoms with van der Waals surface area (Å²) >= 11 is 0. The maximum Gasteiger partial charge on any atom is 0.252 e. The molecule has 9 heteroatoms. The smallest absolute Gasteiger partial charge is 0.252 e. The van der Waals surface area contributed by atoms with Crippen LogP contribution in [0.4, 0.5) is 27.3 Å². The number of carbonyl (C=O) groups excluding carboxylic acids is 1. The standard InChI is InChI=1S/C22H26FN7O/c1-26-16-11-17(30-22-12(21(25)31)5-4-9-28-22)20(18-13(23)8-10-27-19(16)18)29-15-7-3-2-6-14(15)24/h4-5,8-11,14-15,26,29H,2-3,6-7,24H2,1H3,(H2,25,31)(H,28,30). The minimum Gasteiger partial charge on any atom is -0.386 e. The molecule has 1 saturated carbocycles. The predicted octanol–water partition coefficient (Wildman–Crippen LogP) is 3.33. The lowest BCUT2D eigenvalue weighted by molar-refractivity contribution is 0.100. The number of primary amides is 1. The van der Waals surface area contributed by atoms with Crippen molar-refractivity contribution >= 4 is 39.7 Å². The lowest BCUT2D eigenvalue weighted by Crippen LogP contribution is -2.42. The minimum absolute atomic E-state index is 0.0168. The summed E-state index contributed by atoms with van der Waals surface area (Å²) in [5, 5.41) is 10.0. The third kappa shape index (κ3) is 4.09. The summed E-state index contributed by atoms with van der Waals surface area (Å²) in [5.41, 5.74) is 14.3. The van der Waals surface area contributed by atoms with Gasteiger partial charge in [0.25, 0.3) is 5.91 Å². The van der Waals surface area contributed by atoms with E-state index in [1.54, 1.807) is 25.4 Å². The number of carbonyl (C=O) groups is 1. The third-order valence-corrected chi connectivity index (χ3v) is 5.71. The summed E-state index contributed by atoms with van der Waals surface area (Å²) < 4.78 is 15.1. The number of hydrogen-bond acceptors (Lipinski definition) is 7. The molecule has 7 N–H and O–H groups in total. The lowest BCUT2D eigenvalue weighted by Gasteiger charge is -2.31. The second-order valence-electron chi connectivity index (χ2n) is 7.70. The van der Waals surface area contributed by atoms with Gasteiger partial charge in [-0.05, 0) is 37.1 Å². The summed E-state index contributed by atoms with van der Waals surface area (Å²) in [6.07, 6.45) is 6.91. The number of aromatic nitrogens is 2. The Kier molecular flexibility index (Phi) is 5.85. The van der Waals surface area contributed by atoms with E-state index in [0.717, 1.165) is 25.7 Å². The van der Waals surface area contributed by atoms with E-state index in [2.05, 4.69) is 25.9 Å². The molecular formula is C22H26FN7O. The molecular weight excluding hydrogens is 397 g/mol. The van der Waals surface area contributed by atoms with Crippen LogP contribution >= 0.6 is 0 Å². The van der Waals surface area contributed by atoms with Gasteiger partial charge in [0.05, 0.1) is 33.5 Å². The largest absolute Gasteiger partial charge is 0.386 e. The number of nitrogens with zero attached hydrogens (tertiary/aromatic N) is 2. The van der Waals surface area contributed by atoms with E-state index >= 15 is 4.39 Å². The second kappa shape index (κ2) is 8.73. The number of rotatable bonds is 6. The number of fused-ring (bicyclic) bond motifs is 1. The Morgan fingerprint density at radius 3 is 2.71 bits per heavy atom. The Bertz CT molecular complexity index is 1120. The first-order valence-corrected chi connectivity index (χ1v) is 10.3. The van der Waals surface area contributed by atoms with Crippen molar-refractivity contribution in [1.82, 2.24) is 9.97 Å². The summed E-state index contributed by atoms with van der Waals surface area (Å²) in [4.78, 5) is 20.5. The summed E-state index contributed by atoms with van der Waals surface area (Å²) in [5.74, 6) is -0.730. The monoisotopic (exact) mass is 423 g/mol. The number of nitrogens with two attached hydrogens (primary N) is 2. The van der Waals surface area contributed by atoms with Gasteiger partial charge in [-0.3, -0.25) is 9.78 Å². The lowest BCUT2D eigenvalue weighted by atomic mass is 9.90. The summed E-state index contributed by atoms with van der Waals surface area (Å²) in [6, 6.07) is 6.30. The van der Waals surface area contributed by atoms with Gasteiger partial charge < -0.3 is 27.4 Å². The Morgan fingerprint density at radius 1 is 1.16 bits per heavy atom. The normalized spacial score (nSPS) is 18.5. The molecule has 1 aliphatic rings. The second-order valence-corrected chi connectivity index (χ2v) is 7.70. The van der Waals surface area contributed by atoms with Crippen LogP contribution in [0.5, 0.6) is 0 Å². The quantitative estimate of drug-likeness (QED) is 0.411. The maximum absolute atomic E-state index is 15.1. The molecule has 4 rings (SSSR count). The van der Waals surface area contributed by atoms with Crippen molar-refractivity contribution in [3.8, 4) is 0 Å². The first-order chi connectivity index (χ1) is 15.0. The zero-order valence-electron chi connectivity index (χ0n) is 17.3. The molecule has 0 bridgehead atoms. The zero-order chi connectivity index (χ0) is 22.0. The van der Waals surface area contributed by atoms with E-state index in [9.17, 15) is 4.79 Å². The molecule has 0 aliphatic heterocycles. The van der Waals surface area contributed by atoms with Gasteiger partial charge in [-0.1, -0.05) is 12.8 Å². The molecule has 3 aromatic rings. The van der Waals surface area contributed by atoms with Crippen LogP contribution < -0.4 is 27.4 Å². The molecule has 2 unspecified atom stereocenters. The van der Waals surface area contributed by atoms with Gasteiger partial charge in [0, 0.05) is 31.5 Å². The van der Waals surface area contributed by atoms with E-state index < -0.39 is 11.7 Å². The number of pyridine rings is 2. The molecule has 1 amide bonds. The van der Waals surface area contributed by atoms with Crippen molar-refractivity contribution < 1.29 is 9.18 Å². The van der Waals surface area contributed by atoms with Gasteiger partial charge in [-0.25, -0.2) is 9.37 Å². The number of hydrogen-bond donors (Lipinski definition) is 5. The highest BCUT2D eigenvalue weighted by molar-refractivity contribution is 6.07. The fourth-order valence-electron chi connectivity index (χ4n) is 4.09. The Hall–Kier alpha value is -3.46. The SMILES string of the molecule is CNc1cc(Nc2ncccc2C(N)=O)c(NC2CCCCC2N)c2c(F)ccnc12. The van der Waals surface area contributed by atoms with Gasteiger partial charge >= 0.3 is 0 Å². The van der Waals surface area contributed by atoms with Crippen molar-refractivity contribution in [1.29, 1.82) is 0 Å². The Morgan fingerprint density at radius 2 is 1.97 bits per heavy atom. The van der Waals surface area contributed by atoms with Crippen LogP contribution in [0, 0.1) is 5.82 Å². The van der Waals surface area contributed by atoms with E-state index in [1.165, 1.54) is 12.3 Å². The van der Waals surface area contributed by atoms with Crippen LogP contribution in [0.15, 0.2) is 36.7 Å². The van der Waals surface area contributed by atoms with Crippen molar-refractivity contribution in [2.45, 2.75) is 37.8 Å². The van der Waals surface area contributed by atoms with Crippen LogP contribution in [-0.2, 0) is 0 Å². The molecule has 2 heterocycles. The third-order valence-electron chi connectivity index (χ3n) is 5.71. The topological polar surface area (TPSA) is 131 Å². The first kappa shape index (κ1) is 20.8. The van der Waals surface area contributed by atoms with E-state index in [-0.39, 0.29) is 23.5 Å². The number of amides is 1. The van der Waals surface area contributed by atoms with Crippen LogP contribution in [0.3, 0.4) is 0 Å². The number of benzene rings is 1. The van der Waals surface area contributed by atoms with Crippen molar-refractivity contribution in [3.05, 3.63) is 48.0 Å². The van der Waals surface area contributed by atoms with Crippen molar-refractivity contribution in [3.63, 3.8) is 0 Å². The molecule has 162 valence electrons. The molecule has 31 heavy (non-hydrogen) atoms. The van der Waals surface area contributed by atoms with Crippen LogP contribution in [0.25, 0.3) is 10.9 Å². The van der Waals surface area contributed by atoms with Crippen LogP contribution in [0.1, 0.15) is 36.0 Å². The van der Waals surface area contributed by atoms with Gasteiger partial charge in [0.1, 0.15) is 11.6 Å². The highest BCUT2D eigenvalue weighted by atomic mass is 19.1. The molecule has 1 aromatic carbocycles. The summed E-state index contributed by atoms with van der Waals surface area (Å²) in [6.45, 7) is 0. The highest BCUT2D eigenvalue weighted by Gasteiger charge is 2.25. The van der Waals surface area contributed by atoms with Gasteiger partial charge in [-0.15, -0.1) is 0 Å². The van der Waals surface area contributed by atoms with Gasteiger partial charge in [-0.2, -0.15) is 0 Å². The predicted molar refractivity (Wildman–Crippen MR) is 121 cm³/mol. The molecule has 2 atom stereocenters. The van der Waals surface area contributed by atoms with E-state index in [1.807, 2.05) is 6.07 Å². The molecule has 0 spiro atoms. The van der Waals surface area contributed by atoms with Crippen LogP contribution in [-0.4, -0.2) is 35.0 Å². The van der Waals surface area contributed by atoms with Gasteiger partial charge in [0.15, 0.2) is 0 Å². The highest BCUT2D eigenvalue weighted by Crippen LogP contribution is 2.40. The molecule has 0 saturated heterocycles. The van der Waals surface area contributed by atoms with Gasteiger partial charge in [0.2, 0.25) is 0 Å². The Balaban J connectivity index is 1.89. The fourth-order valence-corrected chi connectivity index (χ4v) is 4.09. The number of nitrogens with one attached hydrogen (secondary N) is 3. The number of anilines is 4. The van der Waals surface area contributed by atoms with Crippen molar-refractivity contribution in [2.75, 3.05) is 23.0 Å². The molecule has 8 nitrogen and oxygen atoms in total. The number of halogens is 1. The minimum atomic E-state index is -0.609.